The van der Waals surface area contributed by atoms with Crippen LogP contribution < -0.4 is 0 Å². The van der Waals surface area contributed by atoms with Crippen molar-refractivity contribution < 1.29 is 19.4 Å². The third-order valence-corrected chi connectivity index (χ3v) is 1.49. The maximum Gasteiger partial charge on any atom is 0.333 e. The lowest BCUT2D eigenvalue weighted by molar-refractivity contribution is -0.138. The van der Waals surface area contributed by atoms with E-state index in [2.05, 4.69) is 6.58 Å². The van der Waals surface area contributed by atoms with Crippen LogP contribution in [0.15, 0.2) is 23.8 Å². The number of esters is 1. The quantitative estimate of drug-likeness (QED) is 0.413. The second kappa shape index (κ2) is 5.96. The highest BCUT2D eigenvalue weighted by atomic mass is 16.5. The molecule has 0 aromatic carbocycles. The molecular formula is C10H14O4. The van der Waals surface area contributed by atoms with E-state index in [0.717, 1.165) is 0 Å². The largest absolute Gasteiger partial charge is 0.478 e. The van der Waals surface area contributed by atoms with E-state index in [-0.39, 0.29) is 12.2 Å². The zero-order chi connectivity index (χ0) is 11.1. The summed E-state index contributed by atoms with van der Waals surface area (Å²) in [5, 5.41) is 8.49. The lowest BCUT2D eigenvalue weighted by Gasteiger charge is -2.01. The second-order valence-corrected chi connectivity index (χ2v) is 2.90. The molecule has 0 rings (SSSR count). The zero-order valence-corrected chi connectivity index (χ0v) is 8.37. The number of rotatable bonds is 5. The van der Waals surface area contributed by atoms with Crippen molar-refractivity contribution in [3.05, 3.63) is 23.8 Å². The minimum absolute atomic E-state index is 0.177. The van der Waals surface area contributed by atoms with Gasteiger partial charge in [-0.2, -0.15) is 0 Å². The number of ether oxygens (including phenoxy) is 1. The standard InChI is InChI=1S/C10H14O4/c1-7(2)10(13)14-6-4-5-8(3)9(11)12/h5H,1,4,6H2,2-3H3,(H,11,12)/b8-5+. The average Bonchev–Trinajstić information content (AvgIpc) is 2.11. The third-order valence-electron chi connectivity index (χ3n) is 1.49. The Labute approximate surface area is 82.9 Å². The first-order valence-electron chi connectivity index (χ1n) is 4.18. The van der Waals surface area contributed by atoms with Crippen LogP contribution in [0.2, 0.25) is 0 Å². The monoisotopic (exact) mass is 198 g/mol. The molecule has 0 aromatic rings. The van der Waals surface area contributed by atoms with Crippen LogP contribution in [0.4, 0.5) is 0 Å². The van der Waals surface area contributed by atoms with Crippen LogP contribution in [0.1, 0.15) is 20.3 Å². The molecule has 0 bridgehead atoms. The molecule has 0 aliphatic carbocycles. The van der Waals surface area contributed by atoms with Crippen LogP contribution in [-0.2, 0) is 14.3 Å². The number of carboxylic acids is 1. The Kier molecular flexibility index (Phi) is 5.29. The maximum atomic E-state index is 10.9. The van der Waals surface area contributed by atoms with Gasteiger partial charge >= 0.3 is 11.9 Å². The summed E-state index contributed by atoms with van der Waals surface area (Å²) in [6.07, 6.45) is 1.91. The van der Waals surface area contributed by atoms with Gasteiger partial charge in [-0.3, -0.25) is 0 Å². The number of carbonyl (C=O) groups is 2. The fourth-order valence-electron chi connectivity index (χ4n) is 0.638. The van der Waals surface area contributed by atoms with Crippen LogP contribution >= 0.6 is 0 Å². The van der Waals surface area contributed by atoms with Crippen LogP contribution in [0, 0.1) is 0 Å². The molecule has 0 radical (unpaired) electrons. The van der Waals surface area contributed by atoms with Gasteiger partial charge in [-0.1, -0.05) is 12.7 Å². The average molecular weight is 198 g/mol. The van der Waals surface area contributed by atoms with E-state index in [0.29, 0.717) is 12.0 Å². The highest BCUT2D eigenvalue weighted by Crippen LogP contribution is 1.98. The first-order chi connectivity index (χ1) is 6.45. The molecule has 0 atom stereocenters. The van der Waals surface area contributed by atoms with E-state index in [1.807, 2.05) is 0 Å². The second-order valence-electron chi connectivity index (χ2n) is 2.90. The summed E-state index contributed by atoms with van der Waals surface area (Å²) in [7, 11) is 0. The summed E-state index contributed by atoms with van der Waals surface area (Å²) in [5.41, 5.74) is 0.584. The summed E-state index contributed by atoms with van der Waals surface area (Å²) < 4.78 is 4.76. The summed E-state index contributed by atoms with van der Waals surface area (Å²) in [4.78, 5) is 21.2. The van der Waals surface area contributed by atoms with Crippen molar-refractivity contribution in [1.82, 2.24) is 0 Å². The summed E-state index contributed by atoms with van der Waals surface area (Å²) in [5.74, 6) is -1.41. The van der Waals surface area contributed by atoms with Gasteiger partial charge in [0, 0.05) is 17.6 Å². The Morgan fingerprint density at radius 1 is 1.43 bits per heavy atom. The van der Waals surface area contributed by atoms with Crippen molar-refractivity contribution in [2.45, 2.75) is 20.3 Å². The van der Waals surface area contributed by atoms with Crippen molar-refractivity contribution in [2.75, 3.05) is 6.61 Å². The highest BCUT2D eigenvalue weighted by molar-refractivity contribution is 5.87. The lowest BCUT2D eigenvalue weighted by atomic mass is 10.2. The Bertz CT molecular complexity index is 276. The van der Waals surface area contributed by atoms with E-state index >= 15 is 0 Å². The molecule has 0 spiro atoms. The number of hydrogen-bond acceptors (Lipinski definition) is 3. The van der Waals surface area contributed by atoms with E-state index in [9.17, 15) is 9.59 Å². The molecule has 1 N–H and O–H groups in total. The van der Waals surface area contributed by atoms with E-state index in [1.165, 1.54) is 13.0 Å². The van der Waals surface area contributed by atoms with Crippen LogP contribution in [-0.4, -0.2) is 23.7 Å². The van der Waals surface area contributed by atoms with Crippen LogP contribution in [0.5, 0.6) is 0 Å². The first-order valence-corrected chi connectivity index (χ1v) is 4.18. The Morgan fingerprint density at radius 3 is 2.43 bits per heavy atom. The van der Waals surface area contributed by atoms with Crippen molar-refractivity contribution in [1.29, 1.82) is 0 Å². The minimum Gasteiger partial charge on any atom is -0.478 e. The van der Waals surface area contributed by atoms with E-state index in [1.54, 1.807) is 6.92 Å². The van der Waals surface area contributed by atoms with Crippen molar-refractivity contribution in [2.24, 2.45) is 0 Å². The normalized spacial score (nSPS) is 10.9. The van der Waals surface area contributed by atoms with Gasteiger partial charge in [0.05, 0.1) is 6.61 Å². The molecule has 0 aliphatic heterocycles. The van der Waals surface area contributed by atoms with Crippen molar-refractivity contribution in [3.8, 4) is 0 Å². The summed E-state index contributed by atoms with van der Waals surface area (Å²) in [6, 6.07) is 0. The maximum absolute atomic E-state index is 10.9. The van der Waals surface area contributed by atoms with Gasteiger partial charge in [0.1, 0.15) is 0 Å². The number of aliphatic carboxylic acids is 1. The van der Waals surface area contributed by atoms with Gasteiger partial charge in [0.15, 0.2) is 0 Å². The molecule has 4 nitrogen and oxygen atoms in total. The van der Waals surface area contributed by atoms with Crippen LogP contribution in [0.25, 0.3) is 0 Å². The number of carboxylic acid groups (broad SMARTS) is 1. The van der Waals surface area contributed by atoms with Gasteiger partial charge in [-0.05, 0) is 13.8 Å². The van der Waals surface area contributed by atoms with Crippen molar-refractivity contribution >= 4 is 11.9 Å². The number of carbonyl (C=O) groups excluding carboxylic acids is 1. The molecule has 0 saturated heterocycles. The molecule has 0 aliphatic rings. The van der Waals surface area contributed by atoms with Crippen LogP contribution in [0.3, 0.4) is 0 Å². The Hall–Kier alpha value is -1.58. The minimum atomic E-state index is -0.962. The molecule has 0 aromatic heterocycles. The molecule has 0 amide bonds. The smallest absolute Gasteiger partial charge is 0.333 e. The topological polar surface area (TPSA) is 63.6 Å². The molecule has 4 heteroatoms. The third kappa shape index (κ3) is 5.13. The molecule has 0 unspecified atom stereocenters. The molecule has 78 valence electrons. The molecule has 14 heavy (non-hydrogen) atoms. The predicted molar refractivity (Wildman–Crippen MR) is 51.8 cm³/mol. The zero-order valence-electron chi connectivity index (χ0n) is 8.37. The van der Waals surface area contributed by atoms with Crippen molar-refractivity contribution in [3.63, 3.8) is 0 Å². The Morgan fingerprint density at radius 2 is 2.00 bits per heavy atom. The summed E-state index contributed by atoms with van der Waals surface area (Å²) in [6.45, 7) is 6.64. The first kappa shape index (κ1) is 12.4. The number of hydrogen-bond donors (Lipinski definition) is 1. The molecular weight excluding hydrogens is 184 g/mol. The van der Waals surface area contributed by atoms with Gasteiger partial charge in [0.25, 0.3) is 0 Å². The fourth-order valence-corrected chi connectivity index (χ4v) is 0.638. The SMILES string of the molecule is C=C(C)C(=O)OCC/C=C(\C)C(=O)O. The Balaban J connectivity index is 3.77. The molecule has 0 fully saturated rings. The fraction of sp³-hybridized carbons (Fsp3) is 0.400. The molecule has 0 heterocycles. The summed E-state index contributed by atoms with van der Waals surface area (Å²) >= 11 is 0. The van der Waals surface area contributed by atoms with E-state index < -0.39 is 11.9 Å². The van der Waals surface area contributed by atoms with Gasteiger partial charge in [0.2, 0.25) is 0 Å². The molecule has 0 saturated carbocycles. The van der Waals surface area contributed by atoms with Gasteiger partial charge in [-0.15, -0.1) is 0 Å². The van der Waals surface area contributed by atoms with E-state index in [4.69, 9.17) is 9.84 Å². The van der Waals surface area contributed by atoms with Gasteiger partial charge < -0.3 is 9.84 Å². The highest BCUT2D eigenvalue weighted by Gasteiger charge is 2.02. The lowest BCUT2D eigenvalue weighted by Crippen LogP contribution is -2.06. The predicted octanol–water partition coefficient (Wildman–Crippen LogP) is 1.53. The van der Waals surface area contributed by atoms with Gasteiger partial charge in [-0.25, -0.2) is 9.59 Å².